The number of aromatic nitrogens is 2. The van der Waals surface area contributed by atoms with E-state index in [1.54, 1.807) is 11.3 Å². The SMILES string of the molecule is Cc1cccc(OCc2nc3sc(C)c(C)c3c(=O)[nH]2)c1. The van der Waals surface area contributed by atoms with Gasteiger partial charge in [0.1, 0.15) is 23.0 Å². The van der Waals surface area contributed by atoms with Crippen LogP contribution in [0.5, 0.6) is 5.75 Å². The Bertz CT molecular complexity index is 864. The third kappa shape index (κ3) is 2.69. The first-order valence-corrected chi connectivity index (χ1v) is 7.54. The van der Waals surface area contributed by atoms with Crippen LogP contribution in [0.3, 0.4) is 0 Å². The van der Waals surface area contributed by atoms with Crippen LogP contribution in [-0.4, -0.2) is 9.97 Å². The van der Waals surface area contributed by atoms with Gasteiger partial charge in [0, 0.05) is 4.88 Å². The molecule has 21 heavy (non-hydrogen) atoms. The minimum atomic E-state index is -0.0929. The predicted octanol–water partition coefficient (Wildman–Crippen LogP) is 3.49. The summed E-state index contributed by atoms with van der Waals surface area (Å²) in [5, 5.41) is 0.691. The van der Waals surface area contributed by atoms with Crippen molar-refractivity contribution in [2.24, 2.45) is 0 Å². The Morgan fingerprint density at radius 1 is 1.29 bits per heavy atom. The predicted molar refractivity (Wildman–Crippen MR) is 85.2 cm³/mol. The highest BCUT2D eigenvalue weighted by Gasteiger charge is 2.11. The molecule has 0 radical (unpaired) electrons. The average molecular weight is 300 g/mol. The van der Waals surface area contributed by atoms with E-state index in [9.17, 15) is 4.79 Å². The second kappa shape index (κ2) is 5.33. The van der Waals surface area contributed by atoms with E-state index >= 15 is 0 Å². The van der Waals surface area contributed by atoms with Crippen LogP contribution in [0.15, 0.2) is 29.1 Å². The number of nitrogens with zero attached hydrogens (tertiary/aromatic N) is 1. The molecule has 0 amide bonds. The van der Waals surface area contributed by atoms with Crippen LogP contribution < -0.4 is 10.3 Å². The first kappa shape index (κ1) is 13.8. The van der Waals surface area contributed by atoms with Crippen molar-refractivity contribution < 1.29 is 4.74 Å². The van der Waals surface area contributed by atoms with Gasteiger partial charge in [-0.1, -0.05) is 12.1 Å². The Hall–Kier alpha value is -2.14. The van der Waals surface area contributed by atoms with Crippen molar-refractivity contribution in [3.8, 4) is 5.75 Å². The Balaban J connectivity index is 1.90. The molecule has 0 spiro atoms. The number of fused-ring (bicyclic) bond motifs is 1. The molecule has 2 heterocycles. The lowest BCUT2D eigenvalue weighted by atomic mass is 10.2. The van der Waals surface area contributed by atoms with Gasteiger partial charge in [0.25, 0.3) is 5.56 Å². The van der Waals surface area contributed by atoms with Gasteiger partial charge in [-0.05, 0) is 44.0 Å². The van der Waals surface area contributed by atoms with Gasteiger partial charge in [0.15, 0.2) is 0 Å². The number of rotatable bonds is 3. The lowest BCUT2D eigenvalue weighted by molar-refractivity contribution is 0.296. The number of H-pyrrole nitrogens is 1. The van der Waals surface area contributed by atoms with E-state index in [0.29, 0.717) is 11.2 Å². The van der Waals surface area contributed by atoms with E-state index in [1.165, 1.54) is 0 Å². The van der Waals surface area contributed by atoms with Crippen molar-refractivity contribution in [3.63, 3.8) is 0 Å². The summed E-state index contributed by atoms with van der Waals surface area (Å²) < 4.78 is 5.69. The number of aromatic amines is 1. The number of aryl methyl sites for hydroxylation is 3. The highest BCUT2D eigenvalue weighted by Crippen LogP contribution is 2.25. The zero-order valence-electron chi connectivity index (χ0n) is 12.2. The van der Waals surface area contributed by atoms with E-state index in [1.807, 2.05) is 45.0 Å². The monoisotopic (exact) mass is 300 g/mol. The smallest absolute Gasteiger partial charge is 0.260 e. The summed E-state index contributed by atoms with van der Waals surface area (Å²) in [5.74, 6) is 1.33. The first-order valence-electron chi connectivity index (χ1n) is 6.73. The van der Waals surface area contributed by atoms with Gasteiger partial charge in [-0.25, -0.2) is 4.98 Å². The Kier molecular flexibility index (Phi) is 3.51. The van der Waals surface area contributed by atoms with E-state index in [4.69, 9.17) is 4.74 Å². The molecule has 5 heteroatoms. The van der Waals surface area contributed by atoms with Gasteiger partial charge in [-0.2, -0.15) is 0 Å². The molecule has 0 aliphatic heterocycles. The van der Waals surface area contributed by atoms with Gasteiger partial charge in [0.05, 0.1) is 5.39 Å². The van der Waals surface area contributed by atoms with Crippen molar-refractivity contribution >= 4 is 21.6 Å². The quantitative estimate of drug-likeness (QED) is 0.805. The van der Waals surface area contributed by atoms with Crippen molar-refractivity contribution in [3.05, 3.63) is 56.4 Å². The fourth-order valence-electron chi connectivity index (χ4n) is 2.22. The molecule has 0 atom stereocenters. The summed E-state index contributed by atoms with van der Waals surface area (Å²) in [5.41, 5.74) is 2.05. The average Bonchev–Trinajstić information content (AvgIpc) is 2.72. The van der Waals surface area contributed by atoms with Crippen LogP contribution in [0.2, 0.25) is 0 Å². The summed E-state index contributed by atoms with van der Waals surface area (Å²) in [6.45, 7) is 6.22. The van der Waals surface area contributed by atoms with E-state index < -0.39 is 0 Å². The molecule has 0 bridgehead atoms. The highest BCUT2D eigenvalue weighted by molar-refractivity contribution is 7.18. The molecule has 0 aliphatic rings. The fraction of sp³-hybridized carbons (Fsp3) is 0.250. The topological polar surface area (TPSA) is 55.0 Å². The lowest BCUT2D eigenvalue weighted by Gasteiger charge is -2.06. The number of benzene rings is 1. The molecular weight excluding hydrogens is 284 g/mol. The Labute approximate surface area is 126 Å². The summed E-state index contributed by atoms with van der Waals surface area (Å²) in [4.78, 5) is 21.4. The molecule has 1 aromatic carbocycles. The summed E-state index contributed by atoms with van der Waals surface area (Å²) >= 11 is 1.54. The highest BCUT2D eigenvalue weighted by atomic mass is 32.1. The maximum atomic E-state index is 12.2. The summed E-state index contributed by atoms with van der Waals surface area (Å²) in [7, 11) is 0. The largest absolute Gasteiger partial charge is 0.486 e. The lowest BCUT2D eigenvalue weighted by Crippen LogP contribution is -2.13. The molecule has 0 unspecified atom stereocenters. The van der Waals surface area contributed by atoms with Gasteiger partial charge in [-0.3, -0.25) is 4.79 Å². The molecule has 0 fully saturated rings. The molecule has 0 saturated heterocycles. The van der Waals surface area contributed by atoms with Crippen molar-refractivity contribution in [2.45, 2.75) is 27.4 Å². The van der Waals surface area contributed by atoms with Crippen LogP contribution >= 0.6 is 11.3 Å². The zero-order valence-corrected chi connectivity index (χ0v) is 13.0. The molecule has 0 aliphatic carbocycles. The third-order valence-electron chi connectivity index (χ3n) is 3.45. The normalized spacial score (nSPS) is 11.0. The van der Waals surface area contributed by atoms with E-state index in [2.05, 4.69) is 9.97 Å². The molecule has 2 aromatic heterocycles. The van der Waals surface area contributed by atoms with Crippen LogP contribution in [0.1, 0.15) is 21.8 Å². The molecule has 3 aromatic rings. The van der Waals surface area contributed by atoms with Crippen LogP contribution in [0, 0.1) is 20.8 Å². The maximum absolute atomic E-state index is 12.2. The Morgan fingerprint density at radius 3 is 2.86 bits per heavy atom. The van der Waals surface area contributed by atoms with E-state index in [-0.39, 0.29) is 12.2 Å². The molecule has 3 rings (SSSR count). The number of hydrogen-bond acceptors (Lipinski definition) is 4. The van der Waals surface area contributed by atoms with Gasteiger partial charge >= 0.3 is 0 Å². The van der Waals surface area contributed by atoms with Gasteiger partial charge in [0.2, 0.25) is 0 Å². The standard InChI is InChI=1S/C16H16N2O2S/c1-9-5-4-6-12(7-9)20-8-13-17-15(19)14-10(2)11(3)21-16(14)18-13/h4-7H,8H2,1-3H3,(H,17,18,19). The van der Waals surface area contributed by atoms with Gasteiger partial charge < -0.3 is 9.72 Å². The van der Waals surface area contributed by atoms with Crippen LogP contribution in [-0.2, 0) is 6.61 Å². The second-order valence-electron chi connectivity index (χ2n) is 5.08. The molecular formula is C16H16N2O2S. The van der Waals surface area contributed by atoms with Crippen molar-refractivity contribution in [2.75, 3.05) is 0 Å². The maximum Gasteiger partial charge on any atom is 0.260 e. The zero-order chi connectivity index (χ0) is 15.0. The summed E-state index contributed by atoms with van der Waals surface area (Å²) in [6.07, 6.45) is 0. The third-order valence-corrected chi connectivity index (χ3v) is 4.55. The minimum absolute atomic E-state index is 0.0929. The molecule has 1 N–H and O–H groups in total. The van der Waals surface area contributed by atoms with Gasteiger partial charge in [-0.15, -0.1) is 11.3 Å². The molecule has 108 valence electrons. The second-order valence-corrected chi connectivity index (χ2v) is 6.28. The summed E-state index contributed by atoms with van der Waals surface area (Å²) in [6, 6.07) is 7.80. The number of nitrogens with one attached hydrogen (secondary N) is 1. The number of thiophene rings is 1. The molecule has 4 nitrogen and oxygen atoms in total. The van der Waals surface area contributed by atoms with E-state index in [0.717, 1.165) is 26.6 Å². The van der Waals surface area contributed by atoms with Crippen LogP contribution in [0.25, 0.3) is 10.2 Å². The number of hydrogen-bond donors (Lipinski definition) is 1. The van der Waals surface area contributed by atoms with Crippen molar-refractivity contribution in [1.29, 1.82) is 0 Å². The molecule has 0 saturated carbocycles. The Morgan fingerprint density at radius 2 is 2.10 bits per heavy atom. The number of ether oxygens (including phenoxy) is 1. The van der Waals surface area contributed by atoms with Crippen molar-refractivity contribution in [1.82, 2.24) is 9.97 Å². The minimum Gasteiger partial charge on any atom is -0.486 e. The van der Waals surface area contributed by atoms with Crippen LogP contribution in [0.4, 0.5) is 0 Å². The fourth-order valence-corrected chi connectivity index (χ4v) is 3.27. The first-order chi connectivity index (χ1) is 10.0.